The summed E-state index contributed by atoms with van der Waals surface area (Å²) < 4.78 is 10.2. The standard InChI is InChI=1S/C22H24N2O5/c1-14-8-15(2)10-18(9-14)24-12-16(11-21(24)26)22(27)29-13-20(25)23-17-4-6-19(28-3)7-5-17/h4-10,16H,11-13H2,1-3H3,(H,23,25)/t16-/m1/s1. The van der Waals surface area contributed by atoms with E-state index >= 15 is 0 Å². The monoisotopic (exact) mass is 396 g/mol. The molecule has 7 heteroatoms. The highest BCUT2D eigenvalue weighted by Crippen LogP contribution is 2.27. The smallest absolute Gasteiger partial charge is 0.311 e. The Bertz CT molecular complexity index is 903. The summed E-state index contributed by atoms with van der Waals surface area (Å²) in [4.78, 5) is 38.3. The summed E-state index contributed by atoms with van der Waals surface area (Å²) >= 11 is 0. The Balaban J connectivity index is 1.53. The highest BCUT2D eigenvalue weighted by Gasteiger charge is 2.36. The first-order valence-electron chi connectivity index (χ1n) is 9.35. The third-order valence-corrected chi connectivity index (χ3v) is 4.70. The average Bonchev–Trinajstić information content (AvgIpc) is 3.08. The second-order valence-electron chi connectivity index (χ2n) is 7.14. The number of anilines is 2. The molecule has 0 bridgehead atoms. The summed E-state index contributed by atoms with van der Waals surface area (Å²) in [7, 11) is 1.56. The van der Waals surface area contributed by atoms with Gasteiger partial charge in [0.2, 0.25) is 5.91 Å². The molecule has 0 unspecified atom stereocenters. The van der Waals surface area contributed by atoms with Crippen molar-refractivity contribution in [2.75, 3.05) is 30.5 Å². The van der Waals surface area contributed by atoms with Gasteiger partial charge in [-0.3, -0.25) is 14.4 Å². The van der Waals surface area contributed by atoms with E-state index in [4.69, 9.17) is 9.47 Å². The molecule has 152 valence electrons. The zero-order chi connectivity index (χ0) is 21.0. The maximum absolute atomic E-state index is 12.4. The molecular weight excluding hydrogens is 372 g/mol. The van der Waals surface area contributed by atoms with Crippen LogP contribution in [0.1, 0.15) is 17.5 Å². The molecule has 2 aromatic rings. The summed E-state index contributed by atoms with van der Waals surface area (Å²) in [6.45, 7) is 3.77. The fourth-order valence-corrected chi connectivity index (χ4v) is 3.35. The third kappa shape index (κ3) is 5.13. The Kier molecular flexibility index (Phi) is 6.16. The number of carbonyl (C=O) groups is 3. The first-order chi connectivity index (χ1) is 13.9. The number of carbonyl (C=O) groups excluding carboxylic acids is 3. The van der Waals surface area contributed by atoms with Gasteiger partial charge in [0, 0.05) is 24.3 Å². The number of amides is 2. The molecule has 2 amide bonds. The molecule has 7 nitrogen and oxygen atoms in total. The fourth-order valence-electron chi connectivity index (χ4n) is 3.35. The normalized spacial score (nSPS) is 15.9. The van der Waals surface area contributed by atoms with E-state index in [0.29, 0.717) is 11.4 Å². The highest BCUT2D eigenvalue weighted by molar-refractivity contribution is 6.00. The molecule has 1 aliphatic rings. The van der Waals surface area contributed by atoms with Gasteiger partial charge in [0.1, 0.15) is 5.75 Å². The van der Waals surface area contributed by atoms with Crippen molar-refractivity contribution in [2.24, 2.45) is 5.92 Å². The van der Waals surface area contributed by atoms with Crippen LogP contribution in [0.3, 0.4) is 0 Å². The van der Waals surface area contributed by atoms with E-state index in [9.17, 15) is 14.4 Å². The number of nitrogens with zero attached hydrogens (tertiary/aromatic N) is 1. The van der Waals surface area contributed by atoms with E-state index in [0.717, 1.165) is 16.8 Å². The Labute approximate surface area is 169 Å². The van der Waals surface area contributed by atoms with Crippen LogP contribution in [-0.4, -0.2) is 38.0 Å². The third-order valence-electron chi connectivity index (χ3n) is 4.70. The predicted molar refractivity (Wildman–Crippen MR) is 109 cm³/mol. The van der Waals surface area contributed by atoms with Gasteiger partial charge in [-0.05, 0) is 61.4 Å². The minimum atomic E-state index is -0.586. The van der Waals surface area contributed by atoms with Crippen molar-refractivity contribution in [3.05, 3.63) is 53.6 Å². The van der Waals surface area contributed by atoms with Crippen molar-refractivity contribution in [1.29, 1.82) is 0 Å². The second-order valence-corrected chi connectivity index (χ2v) is 7.14. The number of esters is 1. The molecule has 0 aliphatic carbocycles. The summed E-state index contributed by atoms with van der Waals surface area (Å²) in [5, 5.41) is 2.65. The molecule has 3 rings (SSSR count). The molecule has 1 atom stereocenters. The Morgan fingerprint density at radius 1 is 1.10 bits per heavy atom. The van der Waals surface area contributed by atoms with E-state index < -0.39 is 24.4 Å². The molecule has 1 saturated heterocycles. The lowest BCUT2D eigenvalue weighted by atomic mass is 10.1. The molecule has 2 aromatic carbocycles. The number of hydrogen-bond donors (Lipinski definition) is 1. The first kappa shape index (κ1) is 20.4. The molecule has 1 heterocycles. The number of aryl methyl sites for hydroxylation is 2. The van der Waals surface area contributed by atoms with Crippen molar-refractivity contribution in [2.45, 2.75) is 20.3 Å². The summed E-state index contributed by atoms with van der Waals surface area (Å²) in [5.74, 6) is -1.03. The zero-order valence-electron chi connectivity index (χ0n) is 16.7. The molecular formula is C22H24N2O5. The van der Waals surface area contributed by atoms with Crippen molar-refractivity contribution in [3.8, 4) is 5.75 Å². The molecule has 0 saturated carbocycles. The molecule has 1 aliphatic heterocycles. The summed E-state index contributed by atoms with van der Waals surface area (Å²) in [5.41, 5.74) is 3.45. The van der Waals surface area contributed by atoms with Gasteiger partial charge in [-0.25, -0.2) is 0 Å². The van der Waals surface area contributed by atoms with Gasteiger partial charge in [0.25, 0.3) is 5.91 Å². The van der Waals surface area contributed by atoms with E-state index in [1.165, 1.54) is 0 Å². The maximum Gasteiger partial charge on any atom is 0.311 e. The lowest BCUT2D eigenvalue weighted by Gasteiger charge is -2.18. The molecule has 0 spiro atoms. The van der Waals surface area contributed by atoms with Gasteiger partial charge in [0.15, 0.2) is 6.61 Å². The van der Waals surface area contributed by atoms with Crippen molar-refractivity contribution >= 4 is 29.2 Å². The number of benzene rings is 2. The van der Waals surface area contributed by atoms with Gasteiger partial charge < -0.3 is 19.7 Å². The largest absolute Gasteiger partial charge is 0.497 e. The summed E-state index contributed by atoms with van der Waals surface area (Å²) in [6, 6.07) is 12.7. The van der Waals surface area contributed by atoms with E-state index in [-0.39, 0.29) is 18.9 Å². The SMILES string of the molecule is COc1ccc(NC(=O)COC(=O)[C@@H]2CC(=O)N(c3cc(C)cc(C)c3)C2)cc1. The second kappa shape index (κ2) is 8.77. The number of hydrogen-bond acceptors (Lipinski definition) is 5. The van der Waals surface area contributed by atoms with Crippen LogP contribution in [0, 0.1) is 19.8 Å². The number of methoxy groups -OCH3 is 1. The molecule has 0 radical (unpaired) electrons. The lowest BCUT2D eigenvalue weighted by Crippen LogP contribution is -2.28. The molecule has 0 aromatic heterocycles. The van der Waals surface area contributed by atoms with Crippen molar-refractivity contribution in [3.63, 3.8) is 0 Å². The molecule has 29 heavy (non-hydrogen) atoms. The minimum Gasteiger partial charge on any atom is -0.497 e. The molecule has 1 N–H and O–H groups in total. The number of ether oxygens (including phenoxy) is 2. The van der Waals surface area contributed by atoms with E-state index in [1.54, 1.807) is 36.3 Å². The van der Waals surface area contributed by atoms with Gasteiger partial charge in [-0.15, -0.1) is 0 Å². The Morgan fingerprint density at radius 2 is 1.76 bits per heavy atom. The van der Waals surface area contributed by atoms with Gasteiger partial charge in [0.05, 0.1) is 13.0 Å². The van der Waals surface area contributed by atoms with Crippen molar-refractivity contribution < 1.29 is 23.9 Å². The average molecular weight is 396 g/mol. The van der Waals surface area contributed by atoms with Crippen LogP contribution < -0.4 is 15.0 Å². The van der Waals surface area contributed by atoms with Crippen LogP contribution in [0.4, 0.5) is 11.4 Å². The number of nitrogens with one attached hydrogen (secondary N) is 1. The Morgan fingerprint density at radius 3 is 2.38 bits per heavy atom. The van der Waals surface area contributed by atoms with Crippen LogP contribution in [-0.2, 0) is 19.1 Å². The van der Waals surface area contributed by atoms with Gasteiger partial charge >= 0.3 is 5.97 Å². The first-order valence-corrected chi connectivity index (χ1v) is 9.35. The topological polar surface area (TPSA) is 84.9 Å². The van der Waals surface area contributed by atoms with E-state index in [1.807, 2.05) is 32.0 Å². The fraction of sp³-hybridized carbons (Fsp3) is 0.318. The van der Waals surface area contributed by atoms with E-state index in [2.05, 4.69) is 5.32 Å². The highest BCUT2D eigenvalue weighted by atomic mass is 16.5. The quantitative estimate of drug-likeness (QED) is 0.759. The summed E-state index contributed by atoms with van der Waals surface area (Å²) in [6.07, 6.45) is 0.0753. The molecule has 1 fully saturated rings. The van der Waals surface area contributed by atoms with Crippen LogP contribution in [0.5, 0.6) is 5.75 Å². The maximum atomic E-state index is 12.4. The van der Waals surface area contributed by atoms with Gasteiger partial charge in [-0.1, -0.05) is 6.07 Å². The minimum absolute atomic E-state index is 0.0753. The van der Waals surface area contributed by atoms with Crippen LogP contribution in [0.2, 0.25) is 0 Å². The van der Waals surface area contributed by atoms with Gasteiger partial charge in [-0.2, -0.15) is 0 Å². The van der Waals surface area contributed by atoms with Crippen LogP contribution in [0.25, 0.3) is 0 Å². The lowest BCUT2D eigenvalue weighted by molar-refractivity contribution is -0.151. The zero-order valence-corrected chi connectivity index (χ0v) is 16.7. The Hall–Kier alpha value is -3.35. The predicted octanol–water partition coefficient (Wildman–Crippen LogP) is 2.85. The van der Waals surface area contributed by atoms with Crippen molar-refractivity contribution in [1.82, 2.24) is 0 Å². The van der Waals surface area contributed by atoms with Crippen LogP contribution in [0.15, 0.2) is 42.5 Å². The van der Waals surface area contributed by atoms with Crippen LogP contribution >= 0.6 is 0 Å². The number of rotatable bonds is 6.